The van der Waals surface area contributed by atoms with Gasteiger partial charge in [-0.2, -0.15) is 0 Å². The fourth-order valence-electron chi connectivity index (χ4n) is 2.88. The minimum atomic E-state index is -0.217. The highest BCUT2D eigenvalue weighted by molar-refractivity contribution is 6.30. The van der Waals surface area contributed by atoms with Crippen LogP contribution < -0.4 is 10.6 Å². The van der Waals surface area contributed by atoms with Crippen LogP contribution in [-0.2, 0) is 4.79 Å². The minimum Gasteiger partial charge on any atom is -0.326 e. The number of nitrogens with one attached hydrogen (secondary N) is 2. The SMILES string of the molecule is O=C(Nc1ccc(Cl)cc1)[C@@H]1CCCN(C(=O)Nc2ccccc2)C1. The number of piperidine rings is 1. The van der Waals surface area contributed by atoms with Crippen LogP contribution in [0, 0.1) is 5.92 Å². The summed E-state index contributed by atoms with van der Waals surface area (Å²) in [6.07, 6.45) is 1.58. The molecule has 1 aliphatic rings. The second-order valence-electron chi connectivity index (χ2n) is 6.08. The van der Waals surface area contributed by atoms with Crippen LogP contribution in [0.4, 0.5) is 16.2 Å². The molecule has 3 amide bonds. The van der Waals surface area contributed by atoms with Gasteiger partial charge in [0.15, 0.2) is 0 Å². The van der Waals surface area contributed by atoms with Gasteiger partial charge in [0, 0.05) is 29.5 Å². The maximum absolute atomic E-state index is 12.5. The number of hydrogen-bond acceptors (Lipinski definition) is 2. The van der Waals surface area contributed by atoms with E-state index in [1.54, 1.807) is 29.2 Å². The fourth-order valence-corrected chi connectivity index (χ4v) is 3.00. The Bertz CT molecular complexity index is 734. The summed E-state index contributed by atoms with van der Waals surface area (Å²) in [5.41, 5.74) is 1.46. The van der Waals surface area contributed by atoms with Crippen molar-refractivity contribution in [1.82, 2.24) is 4.90 Å². The van der Waals surface area contributed by atoms with Gasteiger partial charge in [0.2, 0.25) is 5.91 Å². The van der Waals surface area contributed by atoms with Crippen LogP contribution in [0.2, 0.25) is 5.02 Å². The lowest BCUT2D eigenvalue weighted by Gasteiger charge is -2.32. The van der Waals surface area contributed by atoms with E-state index in [1.165, 1.54) is 0 Å². The van der Waals surface area contributed by atoms with Crippen LogP contribution >= 0.6 is 11.6 Å². The summed E-state index contributed by atoms with van der Waals surface area (Å²) < 4.78 is 0. The highest BCUT2D eigenvalue weighted by atomic mass is 35.5. The molecule has 0 bridgehead atoms. The molecular formula is C19H20ClN3O2. The number of amides is 3. The summed E-state index contributed by atoms with van der Waals surface area (Å²) in [6.45, 7) is 1.07. The third kappa shape index (κ3) is 4.73. The van der Waals surface area contributed by atoms with Crippen molar-refractivity contribution in [1.29, 1.82) is 0 Å². The molecule has 1 atom stereocenters. The van der Waals surface area contributed by atoms with Crippen LogP contribution in [0.3, 0.4) is 0 Å². The summed E-state index contributed by atoms with van der Waals surface area (Å²) in [5, 5.41) is 6.38. The van der Waals surface area contributed by atoms with Crippen molar-refractivity contribution in [2.45, 2.75) is 12.8 Å². The third-order valence-electron chi connectivity index (χ3n) is 4.22. The predicted octanol–water partition coefficient (Wildman–Crippen LogP) is 4.22. The Hall–Kier alpha value is -2.53. The number of para-hydroxylation sites is 1. The quantitative estimate of drug-likeness (QED) is 0.863. The molecule has 2 N–H and O–H groups in total. The molecule has 1 fully saturated rings. The smallest absolute Gasteiger partial charge is 0.321 e. The first kappa shape index (κ1) is 17.3. The highest BCUT2D eigenvalue weighted by Gasteiger charge is 2.28. The number of anilines is 2. The maximum atomic E-state index is 12.5. The molecule has 2 aromatic rings. The van der Waals surface area contributed by atoms with Crippen LogP contribution in [0.1, 0.15) is 12.8 Å². The molecule has 5 nitrogen and oxygen atoms in total. The minimum absolute atomic E-state index is 0.0699. The lowest BCUT2D eigenvalue weighted by Crippen LogP contribution is -2.45. The summed E-state index contributed by atoms with van der Waals surface area (Å²) in [4.78, 5) is 26.6. The molecule has 0 saturated carbocycles. The molecule has 6 heteroatoms. The van der Waals surface area contributed by atoms with E-state index in [1.807, 2.05) is 30.3 Å². The first-order valence-corrected chi connectivity index (χ1v) is 8.67. The van der Waals surface area contributed by atoms with Gasteiger partial charge >= 0.3 is 6.03 Å². The molecule has 1 saturated heterocycles. The molecule has 1 aliphatic heterocycles. The van der Waals surface area contributed by atoms with E-state index in [9.17, 15) is 9.59 Å². The maximum Gasteiger partial charge on any atom is 0.321 e. The second-order valence-corrected chi connectivity index (χ2v) is 6.51. The van der Waals surface area contributed by atoms with Gasteiger partial charge in [-0.15, -0.1) is 0 Å². The van der Waals surface area contributed by atoms with Crippen molar-refractivity contribution in [3.63, 3.8) is 0 Å². The molecule has 0 radical (unpaired) electrons. The van der Waals surface area contributed by atoms with Crippen molar-refractivity contribution in [2.24, 2.45) is 5.92 Å². The number of nitrogens with zero attached hydrogens (tertiary/aromatic N) is 1. The highest BCUT2D eigenvalue weighted by Crippen LogP contribution is 2.20. The largest absolute Gasteiger partial charge is 0.326 e. The average Bonchev–Trinajstić information content (AvgIpc) is 2.64. The molecule has 0 aromatic heterocycles. The van der Waals surface area contributed by atoms with Gasteiger partial charge < -0.3 is 15.5 Å². The van der Waals surface area contributed by atoms with E-state index in [4.69, 9.17) is 11.6 Å². The van der Waals surface area contributed by atoms with Gasteiger partial charge in [-0.25, -0.2) is 4.79 Å². The van der Waals surface area contributed by atoms with Gasteiger partial charge in [-0.3, -0.25) is 4.79 Å². The Labute approximate surface area is 152 Å². The van der Waals surface area contributed by atoms with Gasteiger partial charge in [0.1, 0.15) is 0 Å². The molecule has 1 heterocycles. The van der Waals surface area contributed by atoms with Gasteiger partial charge in [0.05, 0.1) is 5.92 Å². The molecule has 130 valence electrons. The summed E-state index contributed by atoms with van der Waals surface area (Å²) in [5.74, 6) is -0.287. The van der Waals surface area contributed by atoms with E-state index in [-0.39, 0.29) is 17.9 Å². The Balaban J connectivity index is 1.57. The van der Waals surface area contributed by atoms with Crippen molar-refractivity contribution in [2.75, 3.05) is 23.7 Å². The fraction of sp³-hybridized carbons (Fsp3) is 0.263. The second kappa shape index (κ2) is 8.03. The normalized spacial score (nSPS) is 17.0. The van der Waals surface area contributed by atoms with Crippen molar-refractivity contribution < 1.29 is 9.59 Å². The Morgan fingerprint density at radius 2 is 1.64 bits per heavy atom. The van der Waals surface area contributed by atoms with Crippen molar-refractivity contribution >= 4 is 34.9 Å². The molecule has 0 unspecified atom stereocenters. The summed E-state index contributed by atoms with van der Waals surface area (Å²) in [7, 11) is 0. The molecular weight excluding hydrogens is 338 g/mol. The zero-order chi connectivity index (χ0) is 17.6. The molecule has 25 heavy (non-hydrogen) atoms. The molecule has 0 aliphatic carbocycles. The van der Waals surface area contributed by atoms with Crippen molar-refractivity contribution in [3.05, 3.63) is 59.6 Å². The standard InChI is InChI=1S/C19H20ClN3O2/c20-15-8-10-17(11-9-15)21-18(24)14-5-4-12-23(13-14)19(25)22-16-6-2-1-3-7-16/h1-3,6-11,14H,4-5,12-13H2,(H,21,24)(H,22,25)/t14-/m1/s1. The number of benzene rings is 2. The summed E-state index contributed by atoms with van der Waals surface area (Å²) in [6, 6.07) is 16.1. The number of hydrogen-bond donors (Lipinski definition) is 2. The predicted molar refractivity (Wildman–Crippen MR) is 99.8 cm³/mol. The Kier molecular flexibility index (Phi) is 5.56. The van der Waals surface area contributed by atoms with Gasteiger partial charge in [0.25, 0.3) is 0 Å². The lowest BCUT2D eigenvalue weighted by atomic mass is 9.97. The van der Waals surface area contributed by atoms with E-state index < -0.39 is 0 Å². The third-order valence-corrected chi connectivity index (χ3v) is 4.47. The number of urea groups is 1. The molecule has 2 aromatic carbocycles. The monoisotopic (exact) mass is 357 g/mol. The average molecular weight is 358 g/mol. The van der Waals surface area contributed by atoms with E-state index in [0.29, 0.717) is 23.8 Å². The van der Waals surface area contributed by atoms with E-state index in [0.717, 1.165) is 18.5 Å². The number of likely N-dealkylation sites (tertiary alicyclic amines) is 1. The van der Waals surface area contributed by atoms with Crippen molar-refractivity contribution in [3.8, 4) is 0 Å². The van der Waals surface area contributed by atoms with Crippen LogP contribution in [0.25, 0.3) is 0 Å². The lowest BCUT2D eigenvalue weighted by molar-refractivity contribution is -0.121. The Morgan fingerprint density at radius 3 is 2.36 bits per heavy atom. The number of carbonyl (C=O) groups is 2. The molecule has 3 rings (SSSR count). The van der Waals surface area contributed by atoms with E-state index in [2.05, 4.69) is 10.6 Å². The Morgan fingerprint density at radius 1 is 0.960 bits per heavy atom. The van der Waals surface area contributed by atoms with Crippen LogP contribution in [0.15, 0.2) is 54.6 Å². The zero-order valence-electron chi connectivity index (χ0n) is 13.7. The molecule has 0 spiro atoms. The van der Waals surface area contributed by atoms with Crippen LogP contribution in [0.5, 0.6) is 0 Å². The topological polar surface area (TPSA) is 61.4 Å². The number of carbonyl (C=O) groups excluding carboxylic acids is 2. The first-order chi connectivity index (χ1) is 12.1. The van der Waals surface area contributed by atoms with Gasteiger partial charge in [-0.05, 0) is 49.2 Å². The van der Waals surface area contributed by atoms with Gasteiger partial charge in [-0.1, -0.05) is 29.8 Å². The number of halogens is 1. The van der Waals surface area contributed by atoms with E-state index >= 15 is 0 Å². The zero-order valence-corrected chi connectivity index (χ0v) is 14.5. The van der Waals surface area contributed by atoms with Crippen LogP contribution in [-0.4, -0.2) is 29.9 Å². The number of rotatable bonds is 3. The summed E-state index contributed by atoms with van der Waals surface area (Å²) >= 11 is 5.85. The first-order valence-electron chi connectivity index (χ1n) is 8.29.